The summed E-state index contributed by atoms with van der Waals surface area (Å²) in [6.45, 7) is 5.42. The van der Waals surface area contributed by atoms with Crippen molar-refractivity contribution in [2.45, 2.75) is 26.3 Å². The Bertz CT molecular complexity index is 611. The van der Waals surface area contributed by atoms with Gasteiger partial charge in [0.15, 0.2) is 5.88 Å². The number of anilines is 3. The van der Waals surface area contributed by atoms with Gasteiger partial charge in [-0.15, -0.1) is 0 Å². The van der Waals surface area contributed by atoms with Crippen LogP contribution in [0.25, 0.3) is 0 Å². The smallest absolute Gasteiger partial charge is 0.198 e. The minimum atomic E-state index is -0.688. The maximum atomic E-state index is 8.98. The molecule has 0 radical (unpaired) electrons. The summed E-state index contributed by atoms with van der Waals surface area (Å²) in [4.78, 5) is 8.17. The summed E-state index contributed by atoms with van der Waals surface area (Å²) in [7, 11) is 0. The molecule has 2 heterocycles. The fourth-order valence-electron chi connectivity index (χ4n) is 1.47. The Morgan fingerprint density at radius 1 is 1.26 bits per heavy atom. The summed E-state index contributed by atoms with van der Waals surface area (Å²) >= 11 is 0. The van der Waals surface area contributed by atoms with Crippen molar-refractivity contribution in [3.8, 4) is 6.07 Å². The van der Waals surface area contributed by atoms with Crippen molar-refractivity contribution in [2.75, 3.05) is 10.6 Å². The molecule has 0 atom stereocenters. The molecule has 0 aliphatic rings. The third-order valence-corrected chi connectivity index (χ3v) is 2.38. The number of nitrogens with one attached hydrogen (secondary N) is 2. The number of hydrogen-bond acceptors (Lipinski definition) is 6. The van der Waals surface area contributed by atoms with E-state index in [1.807, 2.05) is 19.1 Å². The largest absolute Gasteiger partial charge is 0.446 e. The Morgan fingerprint density at radius 3 is 2.63 bits per heavy atom. The quantitative estimate of drug-likeness (QED) is 0.875. The van der Waals surface area contributed by atoms with Crippen LogP contribution in [0, 0.1) is 18.3 Å². The molecule has 2 aromatic heterocycles. The first-order valence-corrected chi connectivity index (χ1v) is 5.83. The van der Waals surface area contributed by atoms with Crippen molar-refractivity contribution in [1.82, 2.24) is 9.97 Å². The van der Waals surface area contributed by atoms with Crippen LogP contribution in [-0.4, -0.2) is 15.5 Å². The molecule has 6 nitrogen and oxygen atoms in total. The minimum Gasteiger partial charge on any atom is -0.446 e. The molecule has 0 aromatic carbocycles. The zero-order chi connectivity index (χ0) is 13.9. The van der Waals surface area contributed by atoms with E-state index in [9.17, 15) is 0 Å². The minimum absolute atomic E-state index is 0.576. The Kier molecular flexibility index (Phi) is 3.38. The highest BCUT2D eigenvalue weighted by molar-refractivity contribution is 5.55. The number of nitriles is 1. The highest BCUT2D eigenvalue weighted by atomic mass is 16.4. The van der Waals surface area contributed by atoms with Crippen molar-refractivity contribution in [3.63, 3.8) is 0 Å². The van der Waals surface area contributed by atoms with Gasteiger partial charge in [-0.3, -0.25) is 0 Å². The normalized spacial score (nSPS) is 10.8. The number of furan rings is 1. The zero-order valence-electron chi connectivity index (χ0n) is 11.1. The van der Waals surface area contributed by atoms with E-state index in [-0.39, 0.29) is 0 Å². The molecule has 6 heteroatoms. The Hall–Kier alpha value is -2.55. The van der Waals surface area contributed by atoms with E-state index in [4.69, 9.17) is 9.68 Å². The van der Waals surface area contributed by atoms with Crippen LogP contribution in [0.4, 0.5) is 17.5 Å². The Balaban J connectivity index is 2.14. The lowest BCUT2D eigenvalue weighted by Crippen LogP contribution is -2.28. The molecular weight excluding hydrogens is 242 g/mol. The molecule has 98 valence electrons. The van der Waals surface area contributed by atoms with Gasteiger partial charge in [0.25, 0.3) is 0 Å². The molecule has 0 bridgehead atoms. The van der Waals surface area contributed by atoms with Crippen molar-refractivity contribution < 1.29 is 4.42 Å². The van der Waals surface area contributed by atoms with E-state index in [1.54, 1.807) is 19.9 Å². The van der Waals surface area contributed by atoms with Crippen molar-refractivity contribution in [2.24, 2.45) is 0 Å². The average molecular weight is 257 g/mol. The van der Waals surface area contributed by atoms with Crippen LogP contribution >= 0.6 is 0 Å². The molecule has 2 N–H and O–H groups in total. The van der Waals surface area contributed by atoms with Gasteiger partial charge >= 0.3 is 0 Å². The lowest BCUT2D eigenvalue weighted by atomic mass is 10.1. The molecular formula is C13H15N5O. The number of nitrogens with zero attached hydrogens (tertiary/aromatic N) is 3. The van der Waals surface area contributed by atoms with Crippen LogP contribution in [0.1, 0.15) is 19.6 Å². The first-order chi connectivity index (χ1) is 8.98. The molecule has 0 saturated carbocycles. The monoisotopic (exact) mass is 257 g/mol. The summed E-state index contributed by atoms with van der Waals surface area (Å²) in [5.41, 5.74) is -0.688. The summed E-state index contributed by atoms with van der Waals surface area (Å²) in [6.07, 6.45) is 1.42. The summed E-state index contributed by atoms with van der Waals surface area (Å²) in [5.74, 6) is 2.61. The predicted molar refractivity (Wildman–Crippen MR) is 72.1 cm³/mol. The van der Waals surface area contributed by atoms with Gasteiger partial charge in [-0.05, 0) is 26.8 Å². The van der Waals surface area contributed by atoms with Crippen molar-refractivity contribution in [1.29, 1.82) is 5.26 Å². The second-order valence-corrected chi connectivity index (χ2v) is 4.69. The predicted octanol–water partition coefficient (Wildman–Crippen LogP) is 2.84. The van der Waals surface area contributed by atoms with Gasteiger partial charge in [-0.25, -0.2) is 9.97 Å². The topological polar surface area (TPSA) is 86.8 Å². The van der Waals surface area contributed by atoms with Crippen molar-refractivity contribution >= 4 is 17.5 Å². The molecule has 0 unspecified atom stereocenters. The molecule has 0 aliphatic heterocycles. The lowest BCUT2D eigenvalue weighted by molar-refractivity contribution is 0.551. The second kappa shape index (κ2) is 4.98. The SMILES string of the molecule is Cc1ccc(Nc2cc(NC(C)(C)C#N)ncn2)o1. The molecule has 0 aliphatic carbocycles. The fraction of sp³-hybridized carbons (Fsp3) is 0.308. The maximum absolute atomic E-state index is 8.98. The van der Waals surface area contributed by atoms with Gasteiger partial charge in [0.1, 0.15) is 29.3 Å². The lowest BCUT2D eigenvalue weighted by Gasteiger charge is -2.18. The molecule has 0 fully saturated rings. The van der Waals surface area contributed by atoms with Crippen molar-refractivity contribution in [3.05, 3.63) is 30.3 Å². The number of rotatable bonds is 4. The second-order valence-electron chi connectivity index (χ2n) is 4.69. The Labute approximate surface area is 111 Å². The highest BCUT2D eigenvalue weighted by Gasteiger charge is 2.16. The molecule has 2 rings (SSSR count). The molecule has 0 spiro atoms. The van der Waals surface area contributed by atoms with Gasteiger partial charge in [0, 0.05) is 12.1 Å². The standard InChI is InChI=1S/C13H15N5O/c1-9-4-5-12(19-9)17-10-6-11(16-8-15-10)18-13(2,3)7-14/h4-6,8H,1-3H3,(H2,15,16,17,18). The first kappa shape index (κ1) is 12.9. The summed E-state index contributed by atoms with van der Waals surface area (Å²) in [6, 6.07) is 7.56. The van der Waals surface area contributed by atoms with Gasteiger partial charge in [0.2, 0.25) is 0 Å². The Morgan fingerprint density at radius 2 is 2.00 bits per heavy atom. The van der Waals surface area contributed by atoms with E-state index in [2.05, 4.69) is 26.7 Å². The van der Waals surface area contributed by atoms with E-state index in [1.165, 1.54) is 6.33 Å². The first-order valence-electron chi connectivity index (χ1n) is 5.83. The van der Waals surface area contributed by atoms with Gasteiger partial charge in [0.05, 0.1) is 6.07 Å². The third kappa shape index (κ3) is 3.45. The zero-order valence-corrected chi connectivity index (χ0v) is 11.1. The average Bonchev–Trinajstić information content (AvgIpc) is 2.75. The highest BCUT2D eigenvalue weighted by Crippen LogP contribution is 2.19. The number of aryl methyl sites for hydroxylation is 1. The van der Waals surface area contributed by atoms with E-state index < -0.39 is 5.54 Å². The molecule has 2 aromatic rings. The van der Waals surface area contributed by atoms with Crippen LogP contribution in [0.3, 0.4) is 0 Å². The van der Waals surface area contributed by atoms with Crippen LogP contribution in [0.15, 0.2) is 28.9 Å². The van der Waals surface area contributed by atoms with Crippen LogP contribution in [-0.2, 0) is 0 Å². The fourth-order valence-corrected chi connectivity index (χ4v) is 1.47. The van der Waals surface area contributed by atoms with E-state index >= 15 is 0 Å². The van der Waals surface area contributed by atoms with Crippen LogP contribution < -0.4 is 10.6 Å². The summed E-state index contributed by atoms with van der Waals surface area (Å²) < 4.78 is 5.41. The van der Waals surface area contributed by atoms with Gasteiger partial charge < -0.3 is 15.1 Å². The molecule has 0 amide bonds. The number of hydrogen-bond donors (Lipinski definition) is 2. The van der Waals surface area contributed by atoms with Gasteiger partial charge in [-0.1, -0.05) is 0 Å². The maximum Gasteiger partial charge on any atom is 0.198 e. The van der Waals surface area contributed by atoms with Crippen LogP contribution in [0.2, 0.25) is 0 Å². The number of aromatic nitrogens is 2. The van der Waals surface area contributed by atoms with Crippen LogP contribution in [0.5, 0.6) is 0 Å². The summed E-state index contributed by atoms with van der Waals surface area (Å²) in [5, 5.41) is 15.0. The van der Waals surface area contributed by atoms with Gasteiger partial charge in [-0.2, -0.15) is 5.26 Å². The molecule has 0 saturated heterocycles. The van der Waals surface area contributed by atoms with E-state index in [0.717, 1.165) is 5.76 Å². The van der Waals surface area contributed by atoms with E-state index in [0.29, 0.717) is 17.5 Å². The molecule has 19 heavy (non-hydrogen) atoms. The third-order valence-electron chi connectivity index (χ3n) is 2.38.